The van der Waals surface area contributed by atoms with Crippen LogP contribution in [0.5, 0.6) is 5.75 Å². The molecule has 0 atom stereocenters. The SMILES string of the molecule is CN1CCc2ccccc2Cc2ccc(O)c(Cl)c2CC1.Cl. The van der Waals surface area contributed by atoms with Crippen LogP contribution in [-0.2, 0) is 19.3 Å². The van der Waals surface area contributed by atoms with Crippen molar-refractivity contribution in [2.75, 3.05) is 20.1 Å². The van der Waals surface area contributed by atoms with Gasteiger partial charge in [-0.15, -0.1) is 12.4 Å². The summed E-state index contributed by atoms with van der Waals surface area (Å²) >= 11 is 6.34. The van der Waals surface area contributed by atoms with E-state index < -0.39 is 0 Å². The predicted octanol–water partition coefficient (Wildman–Crippen LogP) is 4.09. The van der Waals surface area contributed by atoms with Crippen LogP contribution in [0.2, 0.25) is 5.02 Å². The summed E-state index contributed by atoms with van der Waals surface area (Å²) in [5.74, 6) is 0.184. The number of benzene rings is 2. The van der Waals surface area contributed by atoms with Crippen molar-refractivity contribution in [3.05, 3.63) is 63.7 Å². The van der Waals surface area contributed by atoms with E-state index in [0.29, 0.717) is 5.02 Å². The summed E-state index contributed by atoms with van der Waals surface area (Å²) in [6.45, 7) is 2.00. The zero-order valence-electron chi connectivity index (χ0n) is 12.7. The second-order valence-corrected chi connectivity index (χ2v) is 6.16. The number of hydrogen-bond acceptors (Lipinski definition) is 2. The Bertz CT molecular complexity index is 658. The summed E-state index contributed by atoms with van der Waals surface area (Å²) in [7, 11) is 2.14. The molecule has 118 valence electrons. The normalized spacial score (nSPS) is 15.4. The lowest BCUT2D eigenvalue weighted by Gasteiger charge is -2.22. The van der Waals surface area contributed by atoms with E-state index in [4.69, 9.17) is 11.6 Å². The lowest BCUT2D eigenvalue weighted by molar-refractivity contribution is 0.341. The van der Waals surface area contributed by atoms with Crippen molar-refractivity contribution < 1.29 is 5.11 Å². The molecule has 1 aliphatic rings. The zero-order valence-corrected chi connectivity index (χ0v) is 14.3. The molecule has 0 aromatic heterocycles. The molecule has 0 radical (unpaired) electrons. The standard InChI is InChI=1S/C18H20ClNO.ClH/c1-20-10-8-13-4-2-3-5-14(13)12-15-6-7-17(21)18(19)16(15)9-11-20;/h2-7,21H,8-12H2,1H3;1H. The van der Waals surface area contributed by atoms with E-state index in [2.05, 4.69) is 36.2 Å². The second kappa shape index (κ2) is 7.36. The van der Waals surface area contributed by atoms with E-state index >= 15 is 0 Å². The highest BCUT2D eigenvalue weighted by Crippen LogP contribution is 2.32. The molecule has 0 saturated heterocycles. The Morgan fingerprint density at radius 1 is 0.955 bits per heavy atom. The van der Waals surface area contributed by atoms with E-state index in [0.717, 1.165) is 37.9 Å². The summed E-state index contributed by atoms with van der Waals surface area (Å²) in [5.41, 5.74) is 5.07. The Morgan fingerprint density at radius 2 is 1.64 bits per heavy atom. The molecule has 1 aliphatic heterocycles. The molecule has 2 aromatic carbocycles. The zero-order chi connectivity index (χ0) is 14.8. The highest BCUT2D eigenvalue weighted by molar-refractivity contribution is 6.32. The number of halogens is 2. The second-order valence-electron chi connectivity index (χ2n) is 5.79. The van der Waals surface area contributed by atoms with Crippen LogP contribution in [0.3, 0.4) is 0 Å². The van der Waals surface area contributed by atoms with Crippen molar-refractivity contribution in [2.45, 2.75) is 19.3 Å². The first kappa shape index (κ1) is 17.1. The van der Waals surface area contributed by atoms with Crippen molar-refractivity contribution >= 4 is 24.0 Å². The Hall–Kier alpha value is -1.22. The minimum Gasteiger partial charge on any atom is -0.506 e. The molecule has 0 saturated carbocycles. The number of phenols is 1. The summed E-state index contributed by atoms with van der Waals surface area (Å²) in [6.07, 6.45) is 2.84. The monoisotopic (exact) mass is 337 g/mol. The molecule has 0 aliphatic carbocycles. The molecule has 3 rings (SSSR count). The van der Waals surface area contributed by atoms with E-state index in [1.165, 1.54) is 16.7 Å². The topological polar surface area (TPSA) is 23.5 Å². The summed E-state index contributed by atoms with van der Waals surface area (Å²) in [6, 6.07) is 12.3. The van der Waals surface area contributed by atoms with Crippen molar-refractivity contribution in [3.63, 3.8) is 0 Å². The van der Waals surface area contributed by atoms with Crippen LogP contribution in [0, 0.1) is 0 Å². The van der Waals surface area contributed by atoms with Gasteiger partial charge in [0.15, 0.2) is 0 Å². The van der Waals surface area contributed by atoms with Crippen LogP contribution in [0.4, 0.5) is 0 Å². The minimum atomic E-state index is 0. The van der Waals surface area contributed by atoms with Crippen molar-refractivity contribution in [3.8, 4) is 5.75 Å². The number of rotatable bonds is 0. The molecule has 0 unspecified atom stereocenters. The van der Waals surface area contributed by atoms with Gasteiger partial charge >= 0.3 is 0 Å². The molecule has 0 bridgehead atoms. The molecule has 1 N–H and O–H groups in total. The Morgan fingerprint density at radius 3 is 2.41 bits per heavy atom. The van der Waals surface area contributed by atoms with E-state index in [1.54, 1.807) is 6.07 Å². The first-order chi connectivity index (χ1) is 10.1. The highest BCUT2D eigenvalue weighted by Gasteiger charge is 2.15. The third-order valence-electron chi connectivity index (χ3n) is 4.33. The van der Waals surface area contributed by atoms with Crippen LogP contribution < -0.4 is 0 Å². The lowest BCUT2D eigenvalue weighted by Crippen LogP contribution is -2.25. The molecule has 22 heavy (non-hydrogen) atoms. The number of fused-ring (bicyclic) bond motifs is 2. The molecule has 2 nitrogen and oxygen atoms in total. The van der Waals surface area contributed by atoms with Gasteiger partial charge in [-0.2, -0.15) is 0 Å². The van der Waals surface area contributed by atoms with Gasteiger partial charge in [-0.05, 0) is 54.6 Å². The molecule has 0 spiro atoms. The smallest absolute Gasteiger partial charge is 0.134 e. The van der Waals surface area contributed by atoms with Gasteiger partial charge < -0.3 is 10.0 Å². The fraction of sp³-hybridized carbons (Fsp3) is 0.333. The molecule has 1 heterocycles. The molecular formula is C18H21Cl2NO. The molecule has 0 fully saturated rings. The van der Waals surface area contributed by atoms with Crippen molar-refractivity contribution in [1.29, 1.82) is 0 Å². The summed E-state index contributed by atoms with van der Waals surface area (Å²) in [5, 5.41) is 10.4. The Labute approximate surface area is 143 Å². The lowest BCUT2D eigenvalue weighted by atomic mass is 9.92. The van der Waals surface area contributed by atoms with Crippen LogP contribution >= 0.6 is 24.0 Å². The minimum absolute atomic E-state index is 0. The quantitative estimate of drug-likeness (QED) is 0.782. The third kappa shape index (κ3) is 3.57. The van der Waals surface area contributed by atoms with Gasteiger partial charge in [0.25, 0.3) is 0 Å². The highest BCUT2D eigenvalue weighted by atomic mass is 35.5. The fourth-order valence-corrected chi connectivity index (χ4v) is 3.27. The maximum atomic E-state index is 9.88. The van der Waals surface area contributed by atoms with Crippen molar-refractivity contribution in [1.82, 2.24) is 4.90 Å². The molecule has 4 heteroatoms. The van der Waals surface area contributed by atoms with Crippen molar-refractivity contribution in [2.24, 2.45) is 0 Å². The summed E-state index contributed by atoms with van der Waals surface area (Å²) < 4.78 is 0. The van der Waals surface area contributed by atoms with Crippen LogP contribution in [0.25, 0.3) is 0 Å². The average molecular weight is 338 g/mol. The fourth-order valence-electron chi connectivity index (χ4n) is 2.99. The maximum Gasteiger partial charge on any atom is 0.134 e. The van der Waals surface area contributed by atoms with E-state index in [1.807, 2.05) is 6.07 Å². The number of hydrogen-bond donors (Lipinski definition) is 1. The van der Waals surface area contributed by atoms with Gasteiger partial charge in [0.2, 0.25) is 0 Å². The largest absolute Gasteiger partial charge is 0.506 e. The first-order valence-electron chi connectivity index (χ1n) is 7.39. The van der Waals surface area contributed by atoms with Gasteiger partial charge in [-0.25, -0.2) is 0 Å². The van der Waals surface area contributed by atoms with E-state index in [9.17, 15) is 5.11 Å². The van der Waals surface area contributed by atoms with Crippen LogP contribution in [-0.4, -0.2) is 30.1 Å². The van der Waals surface area contributed by atoms with E-state index in [-0.39, 0.29) is 18.2 Å². The Balaban J connectivity index is 0.00000176. The number of aromatic hydroxyl groups is 1. The third-order valence-corrected chi connectivity index (χ3v) is 4.75. The van der Waals surface area contributed by atoms with Gasteiger partial charge in [0.1, 0.15) is 5.75 Å². The molecular weight excluding hydrogens is 317 g/mol. The van der Waals surface area contributed by atoms with Gasteiger partial charge in [0.05, 0.1) is 5.02 Å². The molecule has 0 amide bonds. The predicted molar refractivity (Wildman–Crippen MR) is 94.5 cm³/mol. The van der Waals surface area contributed by atoms with Gasteiger partial charge in [0, 0.05) is 13.1 Å². The summed E-state index contributed by atoms with van der Waals surface area (Å²) in [4.78, 5) is 2.33. The van der Waals surface area contributed by atoms with Gasteiger partial charge in [-0.1, -0.05) is 41.9 Å². The first-order valence-corrected chi connectivity index (χ1v) is 7.77. The number of nitrogens with zero attached hydrogens (tertiary/aromatic N) is 1. The average Bonchev–Trinajstić information content (AvgIpc) is 2.49. The van der Waals surface area contributed by atoms with Crippen LogP contribution in [0.15, 0.2) is 36.4 Å². The Kier molecular flexibility index (Phi) is 5.74. The van der Waals surface area contributed by atoms with Gasteiger partial charge in [-0.3, -0.25) is 0 Å². The van der Waals surface area contributed by atoms with Crippen LogP contribution in [0.1, 0.15) is 22.3 Å². The molecule has 2 aromatic rings. The maximum absolute atomic E-state index is 9.88. The number of likely N-dealkylation sites (N-methyl/N-ethyl adjacent to an activating group) is 1. The number of phenolic OH excluding ortho intramolecular Hbond substituents is 1.